The van der Waals surface area contributed by atoms with Gasteiger partial charge in [-0.1, -0.05) is 25.0 Å². The van der Waals surface area contributed by atoms with E-state index in [2.05, 4.69) is 9.88 Å². The molecule has 26 heavy (non-hydrogen) atoms. The first-order chi connectivity index (χ1) is 12.7. The van der Waals surface area contributed by atoms with Gasteiger partial charge in [-0.25, -0.2) is 4.98 Å². The lowest BCUT2D eigenvalue weighted by molar-refractivity contribution is -0.133. The number of aromatic nitrogens is 2. The van der Waals surface area contributed by atoms with Crippen molar-refractivity contribution < 1.29 is 4.79 Å². The lowest BCUT2D eigenvalue weighted by atomic mass is 10.1. The van der Waals surface area contributed by atoms with Crippen molar-refractivity contribution in [2.75, 3.05) is 26.2 Å². The molecule has 2 heterocycles. The van der Waals surface area contributed by atoms with Crippen molar-refractivity contribution in [2.45, 2.75) is 44.7 Å². The molecule has 0 unspecified atom stereocenters. The zero-order chi connectivity index (χ0) is 17.9. The summed E-state index contributed by atoms with van der Waals surface area (Å²) in [5.74, 6) is 0.135. The summed E-state index contributed by atoms with van der Waals surface area (Å²) in [5, 5.41) is 0.604. The van der Waals surface area contributed by atoms with Gasteiger partial charge in [0.05, 0.1) is 17.2 Å². The summed E-state index contributed by atoms with van der Waals surface area (Å²) in [7, 11) is 0. The number of piperazine rings is 1. The number of para-hydroxylation sites is 1. The summed E-state index contributed by atoms with van der Waals surface area (Å²) in [6, 6.07) is 8.05. The van der Waals surface area contributed by atoms with Gasteiger partial charge in [-0.15, -0.1) is 0 Å². The topological polar surface area (TPSA) is 58.4 Å². The quantitative estimate of drug-likeness (QED) is 0.841. The average molecular weight is 354 g/mol. The lowest BCUT2D eigenvalue weighted by Gasteiger charge is -2.38. The first-order valence-corrected chi connectivity index (χ1v) is 9.68. The fourth-order valence-electron chi connectivity index (χ4n) is 4.25. The highest BCUT2D eigenvalue weighted by atomic mass is 16.2. The summed E-state index contributed by atoms with van der Waals surface area (Å²) in [6.07, 6.45) is 7.22. The molecule has 6 nitrogen and oxygen atoms in total. The molecule has 0 spiro atoms. The van der Waals surface area contributed by atoms with Crippen LogP contribution in [0.1, 0.15) is 32.1 Å². The van der Waals surface area contributed by atoms with E-state index < -0.39 is 0 Å². The van der Waals surface area contributed by atoms with Gasteiger partial charge in [-0.2, -0.15) is 0 Å². The van der Waals surface area contributed by atoms with E-state index in [1.165, 1.54) is 25.7 Å². The predicted octanol–water partition coefficient (Wildman–Crippen LogP) is 1.87. The van der Waals surface area contributed by atoms with Crippen molar-refractivity contribution in [2.24, 2.45) is 0 Å². The van der Waals surface area contributed by atoms with Crippen LogP contribution >= 0.6 is 0 Å². The minimum atomic E-state index is -0.0746. The molecule has 2 aliphatic rings. The zero-order valence-electron chi connectivity index (χ0n) is 15.1. The summed E-state index contributed by atoms with van der Waals surface area (Å²) in [4.78, 5) is 33.9. The molecule has 2 fully saturated rings. The van der Waals surface area contributed by atoms with Crippen LogP contribution in [-0.2, 0) is 11.3 Å². The molecule has 0 atom stereocenters. The first kappa shape index (κ1) is 17.2. The normalized spacial score (nSPS) is 19.3. The van der Waals surface area contributed by atoms with Gasteiger partial charge in [0, 0.05) is 45.2 Å². The monoisotopic (exact) mass is 354 g/mol. The second-order valence-electron chi connectivity index (χ2n) is 7.37. The maximum atomic E-state index is 12.5. The number of hydrogen-bond acceptors (Lipinski definition) is 4. The standard InChI is InChI=1S/C20H26N4O2/c25-19(23-13-11-22(12-14-23)16-5-1-2-6-16)9-10-24-15-21-18-8-4-3-7-17(18)20(24)26/h3-4,7-8,15-16H,1-2,5-6,9-14H2. The summed E-state index contributed by atoms with van der Waals surface area (Å²) in [5.41, 5.74) is 0.623. The summed E-state index contributed by atoms with van der Waals surface area (Å²) < 4.78 is 1.55. The van der Waals surface area contributed by atoms with Gasteiger partial charge in [0.1, 0.15) is 0 Å². The SMILES string of the molecule is O=C(CCn1cnc2ccccc2c1=O)N1CCN(C2CCCC2)CC1. The van der Waals surface area contributed by atoms with E-state index in [1.54, 1.807) is 17.0 Å². The third-order valence-corrected chi connectivity index (χ3v) is 5.81. The zero-order valence-corrected chi connectivity index (χ0v) is 15.1. The molecule has 1 amide bonds. The van der Waals surface area contributed by atoms with Gasteiger partial charge in [-0.3, -0.25) is 19.1 Å². The number of benzene rings is 1. The molecule has 1 aliphatic carbocycles. The molecule has 4 rings (SSSR count). The molecule has 1 aliphatic heterocycles. The number of carbonyl (C=O) groups is 1. The van der Waals surface area contributed by atoms with Gasteiger partial charge >= 0.3 is 0 Å². The van der Waals surface area contributed by atoms with Crippen LogP contribution in [0.3, 0.4) is 0 Å². The fourth-order valence-corrected chi connectivity index (χ4v) is 4.25. The van der Waals surface area contributed by atoms with E-state index >= 15 is 0 Å². The van der Waals surface area contributed by atoms with Crippen molar-refractivity contribution in [1.29, 1.82) is 0 Å². The molecule has 0 N–H and O–H groups in total. The summed E-state index contributed by atoms with van der Waals surface area (Å²) >= 11 is 0. The first-order valence-electron chi connectivity index (χ1n) is 9.68. The van der Waals surface area contributed by atoms with Crippen LogP contribution in [0.2, 0.25) is 0 Å². The van der Waals surface area contributed by atoms with Crippen molar-refractivity contribution in [1.82, 2.24) is 19.4 Å². The lowest BCUT2D eigenvalue weighted by Crippen LogP contribution is -2.51. The van der Waals surface area contributed by atoms with Crippen LogP contribution in [0.5, 0.6) is 0 Å². The minimum absolute atomic E-state index is 0.0746. The van der Waals surface area contributed by atoms with E-state index in [0.29, 0.717) is 23.9 Å². The van der Waals surface area contributed by atoms with Gasteiger partial charge in [0.15, 0.2) is 0 Å². The maximum Gasteiger partial charge on any atom is 0.261 e. The Kier molecular flexibility index (Phi) is 5.02. The Bertz CT molecular complexity index is 833. The number of fused-ring (bicyclic) bond motifs is 1. The molecule has 1 saturated heterocycles. The fraction of sp³-hybridized carbons (Fsp3) is 0.550. The highest BCUT2D eigenvalue weighted by Crippen LogP contribution is 2.24. The van der Waals surface area contributed by atoms with Gasteiger partial charge < -0.3 is 4.90 Å². The van der Waals surface area contributed by atoms with Crippen molar-refractivity contribution in [3.63, 3.8) is 0 Å². The highest BCUT2D eigenvalue weighted by molar-refractivity contribution is 5.77. The number of nitrogens with zero attached hydrogens (tertiary/aromatic N) is 4. The van der Waals surface area contributed by atoms with Crippen LogP contribution < -0.4 is 5.56 Å². The van der Waals surface area contributed by atoms with Gasteiger partial charge in [0.25, 0.3) is 5.56 Å². The van der Waals surface area contributed by atoms with E-state index in [0.717, 1.165) is 32.2 Å². The molecule has 1 aromatic heterocycles. The number of amides is 1. The second-order valence-corrected chi connectivity index (χ2v) is 7.37. The van der Waals surface area contributed by atoms with Crippen molar-refractivity contribution >= 4 is 16.8 Å². The third kappa shape index (κ3) is 3.51. The molecule has 2 aromatic rings. The van der Waals surface area contributed by atoms with Crippen LogP contribution in [0, 0.1) is 0 Å². The van der Waals surface area contributed by atoms with Gasteiger partial charge in [0.2, 0.25) is 5.91 Å². The number of hydrogen-bond donors (Lipinski definition) is 0. The van der Waals surface area contributed by atoms with Crippen LogP contribution in [-0.4, -0.2) is 57.5 Å². The molecular formula is C20H26N4O2. The van der Waals surface area contributed by atoms with Crippen LogP contribution in [0.15, 0.2) is 35.4 Å². The molecule has 1 aromatic carbocycles. The average Bonchev–Trinajstić information content (AvgIpc) is 3.22. The second kappa shape index (κ2) is 7.58. The van der Waals surface area contributed by atoms with E-state index in [4.69, 9.17) is 0 Å². The Hall–Kier alpha value is -2.21. The number of aryl methyl sites for hydroxylation is 1. The van der Waals surface area contributed by atoms with E-state index in [-0.39, 0.29) is 11.5 Å². The van der Waals surface area contributed by atoms with E-state index in [1.807, 2.05) is 23.1 Å². The van der Waals surface area contributed by atoms with Gasteiger partial charge in [-0.05, 0) is 25.0 Å². The Morgan fingerprint density at radius 3 is 2.58 bits per heavy atom. The summed E-state index contributed by atoms with van der Waals surface area (Å²) in [6.45, 7) is 3.96. The minimum Gasteiger partial charge on any atom is -0.340 e. The van der Waals surface area contributed by atoms with E-state index in [9.17, 15) is 9.59 Å². The smallest absolute Gasteiger partial charge is 0.261 e. The van der Waals surface area contributed by atoms with Crippen molar-refractivity contribution in [3.8, 4) is 0 Å². The predicted molar refractivity (Wildman–Crippen MR) is 101 cm³/mol. The molecule has 0 bridgehead atoms. The Balaban J connectivity index is 1.33. The molecule has 6 heteroatoms. The third-order valence-electron chi connectivity index (χ3n) is 5.81. The van der Waals surface area contributed by atoms with Crippen molar-refractivity contribution in [3.05, 3.63) is 40.9 Å². The Labute approximate surface area is 153 Å². The Morgan fingerprint density at radius 2 is 1.81 bits per heavy atom. The van der Waals surface area contributed by atoms with Crippen LogP contribution in [0.4, 0.5) is 0 Å². The molecule has 0 radical (unpaired) electrons. The Morgan fingerprint density at radius 1 is 1.08 bits per heavy atom. The number of rotatable bonds is 4. The molecule has 138 valence electrons. The highest BCUT2D eigenvalue weighted by Gasteiger charge is 2.27. The number of carbonyl (C=O) groups excluding carboxylic acids is 1. The molecule has 1 saturated carbocycles. The largest absolute Gasteiger partial charge is 0.340 e. The molecular weight excluding hydrogens is 328 g/mol. The maximum absolute atomic E-state index is 12.5. The van der Waals surface area contributed by atoms with Crippen LogP contribution in [0.25, 0.3) is 10.9 Å².